The first-order valence-corrected chi connectivity index (χ1v) is 5.80. The van der Waals surface area contributed by atoms with Crippen LogP contribution in [0.4, 0.5) is 0 Å². The molecule has 0 atom stereocenters. The molecule has 0 radical (unpaired) electrons. The predicted molar refractivity (Wildman–Crippen MR) is 71.2 cm³/mol. The molecule has 96 valence electrons. The Morgan fingerprint density at radius 3 is 2.79 bits per heavy atom. The van der Waals surface area contributed by atoms with E-state index in [0.717, 1.165) is 0 Å². The molecule has 0 saturated carbocycles. The average molecular weight is 255 g/mol. The predicted octanol–water partition coefficient (Wildman–Crippen LogP) is 1.57. The monoisotopic (exact) mass is 255 g/mol. The molecule has 1 N–H and O–H groups in total. The second-order valence-corrected chi connectivity index (χ2v) is 3.91. The van der Waals surface area contributed by atoms with Crippen LogP contribution in [0.25, 0.3) is 0 Å². The zero-order valence-electron chi connectivity index (χ0n) is 10.7. The maximum atomic E-state index is 12.3. The van der Waals surface area contributed by atoms with Gasteiger partial charge in [0.15, 0.2) is 5.78 Å². The third-order valence-electron chi connectivity index (χ3n) is 2.80. The Morgan fingerprint density at radius 1 is 1.32 bits per heavy atom. The van der Waals surface area contributed by atoms with Gasteiger partial charge in [0, 0.05) is 11.6 Å². The van der Waals surface area contributed by atoms with Crippen LogP contribution in [-0.4, -0.2) is 25.2 Å². The standard InChI is InChI=1S/C15H13NO3/c1-3-4-8-16-11-9-12(17)10-6-5-7-13(19-2)14(10)15(11)18/h5-7,9,16H,8H2,1-2H3. The Morgan fingerprint density at radius 2 is 2.11 bits per heavy atom. The SMILES string of the molecule is CC#CCNC1=CC(=O)c2cccc(OC)c2C1=O. The van der Waals surface area contributed by atoms with Crippen molar-refractivity contribution in [3.63, 3.8) is 0 Å². The van der Waals surface area contributed by atoms with E-state index >= 15 is 0 Å². The minimum absolute atomic E-state index is 0.208. The Kier molecular flexibility index (Phi) is 3.67. The minimum atomic E-state index is -0.245. The maximum Gasteiger partial charge on any atom is 0.213 e. The van der Waals surface area contributed by atoms with Crippen LogP contribution in [0.3, 0.4) is 0 Å². The lowest BCUT2D eigenvalue weighted by Crippen LogP contribution is -2.27. The quantitative estimate of drug-likeness (QED) is 0.833. The van der Waals surface area contributed by atoms with Gasteiger partial charge in [-0.3, -0.25) is 9.59 Å². The summed E-state index contributed by atoms with van der Waals surface area (Å²) in [5, 5.41) is 2.86. The summed E-state index contributed by atoms with van der Waals surface area (Å²) in [6.07, 6.45) is 1.31. The Labute approximate surface area is 111 Å². The fourth-order valence-electron chi connectivity index (χ4n) is 1.91. The van der Waals surface area contributed by atoms with Gasteiger partial charge in [0.2, 0.25) is 5.78 Å². The smallest absolute Gasteiger partial charge is 0.213 e. The number of fused-ring (bicyclic) bond motifs is 1. The van der Waals surface area contributed by atoms with Gasteiger partial charge in [-0.2, -0.15) is 0 Å². The van der Waals surface area contributed by atoms with Crippen LogP contribution >= 0.6 is 0 Å². The molecule has 0 heterocycles. The molecule has 1 aromatic carbocycles. The number of carbonyl (C=O) groups is 2. The molecule has 0 bridgehead atoms. The molecule has 1 aliphatic rings. The number of allylic oxidation sites excluding steroid dienone is 2. The van der Waals surface area contributed by atoms with Crippen LogP contribution in [-0.2, 0) is 0 Å². The van der Waals surface area contributed by atoms with Gasteiger partial charge in [0.1, 0.15) is 5.75 Å². The topological polar surface area (TPSA) is 55.4 Å². The van der Waals surface area contributed by atoms with E-state index in [2.05, 4.69) is 17.2 Å². The molecule has 0 aromatic heterocycles. The number of nitrogens with one attached hydrogen (secondary N) is 1. The van der Waals surface area contributed by atoms with E-state index in [-0.39, 0.29) is 17.3 Å². The number of benzene rings is 1. The van der Waals surface area contributed by atoms with E-state index in [1.54, 1.807) is 25.1 Å². The normalized spacial score (nSPS) is 13.1. The third-order valence-corrected chi connectivity index (χ3v) is 2.80. The number of hydrogen-bond acceptors (Lipinski definition) is 4. The van der Waals surface area contributed by atoms with Gasteiger partial charge in [0.25, 0.3) is 0 Å². The first kappa shape index (κ1) is 12.9. The van der Waals surface area contributed by atoms with Gasteiger partial charge in [-0.25, -0.2) is 0 Å². The Bertz CT molecular complexity index is 633. The number of carbonyl (C=O) groups excluding carboxylic acids is 2. The maximum absolute atomic E-state index is 12.3. The van der Waals surface area contributed by atoms with Crippen LogP contribution < -0.4 is 10.1 Å². The van der Waals surface area contributed by atoms with Gasteiger partial charge in [-0.1, -0.05) is 18.1 Å². The van der Waals surface area contributed by atoms with Crippen molar-refractivity contribution in [2.24, 2.45) is 0 Å². The highest BCUT2D eigenvalue weighted by Crippen LogP contribution is 2.28. The fourth-order valence-corrected chi connectivity index (χ4v) is 1.91. The number of rotatable bonds is 3. The number of hydrogen-bond donors (Lipinski definition) is 1. The largest absolute Gasteiger partial charge is 0.496 e. The summed E-state index contributed by atoms with van der Waals surface area (Å²) in [6, 6.07) is 4.98. The zero-order chi connectivity index (χ0) is 13.8. The van der Waals surface area contributed by atoms with E-state index < -0.39 is 0 Å². The average Bonchev–Trinajstić information content (AvgIpc) is 2.43. The van der Waals surface area contributed by atoms with Crippen LogP contribution in [0.2, 0.25) is 0 Å². The second kappa shape index (κ2) is 5.40. The summed E-state index contributed by atoms with van der Waals surface area (Å²) in [6.45, 7) is 2.04. The summed E-state index contributed by atoms with van der Waals surface area (Å²) < 4.78 is 5.15. The van der Waals surface area contributed by atoms with Gasteiger partial charge in [0.05, 0.1) is 24.9 Å². The molecule has 0 saturated heterocycles. The number of methoxy groups -OCH3 is 1. The first-order chi connectivity index (χ1) is 9.19. The summed E-state index contributed by atoms with van der Waals surface area (Å²) in [5.74, 6) is 5.46. The van der Waals surface area contributed by atoms with Gasteiger partial charge in [-0.15, -0.1) is 5.92 Å². The molecular formula is C15H13NO3. The lowest BCUT2D eigenvalue weighted by molar-refractivity contribution is 0.0976. The second-order valence-electron chi connectivity index (χ2n) is 3.91. The van der Waals surface area contributed by atoms with Gasteiger partial charge in [-0.05, 0) is 13.0 Å². The van der Waals surface area contributed by atoms with E-state index in [4.69, 9.17) is 4.74 Å². The van der Waals surface area contributed by atoms with Crippen molar-refractivity contribution in [1.29, 1.82) is 0 Å². The van der Waals surface area contributed by atoms with E-state index in [9.17, 15) is 9.59 Å². The van der Waals surface area contributed by atoms with Gasteiger partial charge >= 0.3 is 0 Å². The molecule has 1 aliphatic carbocycles. The molecule has 0 amide bonds. The highest BCUT2D eigenvalue weighted by atomic mass is 16.5. The Balaban J connectivity index is 2.41. The third kappa shape index (κ3) is 2.36. The zero-order valence-corrected chi connectivity index (χ0v) is 10.7. The number of ketones is 2. The lowest BCUT2D eigenvalue weighted by atomic mass is 9.92. The lowest BCUT2D eigenvalue weighted by Gasteiger charge is -2.17. The number of ether oxygens (including phenoxy) is 1. The van der Waals surface area contributed by atoms with Crippen molar-refractivity contribution in [2.45, 2.75) is 6.92 Å². The number of Topliss-reactive ketones (excluding diaryl/α,β-unsaturated/α-hetero) is 1. The summed E-state index contributed by atoms with van der Waals surface area (Å²) >= 11 is 0. The molecule has 1 aromatic rings. The molecule has 0 unspecified atom stereocenters. The van der Waals surface area contributed by atoms with E-state index in [0.29, 0.717) is 23.4 Å². The van der Waals surface area contributed by atoms with Gasteiger partial charge < -0.3 is 10.1 Å². The van der Waals surface area contributed by atoms with Crippen molar-refractivity contribution < 1.29 is 14.3 Å². The summed E-state index contributed by atoms with van der Waals surface area (Å²) in [7, 11) is 1.47. The molecule has 0 aliphatic heterocycles. The summed E-state index contributed by atoms with van der Waals surface area (Å²) in [4.78, 5) is 24.3. The fraction of sp³-hybridized carbons (Fsp3) is 0.200. The van der Waals surface area contributed by atoms with Crippen LogP contribution in [0.5, 0.6) is 5.75 Å². The van der Waals surface area contributed by atoms with Crippen LogP contribution in [0.15, 0.2) is 30.0 Å². The van der Waals surface area contributed by atoms with Crippen LogP contribution in [0.1, 0.15) is 27.6 Å². The van der Waals surface area contributed by atoms with Crippen molar-refractivity contribution >= 4 is 11.6 Å². The highest BCUT2D eigenvalue weighted by molar-refractivity contribution is 6.25. The molecule has 19 heavy (non-hydrogen) atoms. The minimum Gasteiger partial charge on any atom is -0.496 e. The van der Waals surface area contributed by atoms with Crippen molar-refractivity contribution in [3.05, 3.63) is 41.1 Å². The molecule has 0 fully saturated rings. The summed E-state index contributed by atoms with van der Waals surface area (Å²) in [5.41, 5.74) is 0.936. The Hall–Kier alpha value is -2.54. The van der Waals surface area contributed by atoms with Crippen molar-refractivity contribution in [2.75, 3.05) is 13.7 Å². The van der Waals surface area contributed by atoms with Crippen molar-refractivity contribution in [1.82, 2.24) is 5.32 Å². The molecule has 4 heteroatoms. The van der Waals surface area contributed by atoms with Crippen molar-refractivity contribution in [3.8, 4) is 17.6 Å². The first-order valence-electron chi connectivity index (χ1n) is 5.80. The molecule has 4 nitrogen and oxygen atoms in total. The highest BCUT2D eigenvalue weighted by Gasteiger charge is 2.28. The molecule has 0 spiro atoms. The van der Waals surface area contributed by atoms with E-state index in [1.807, 2.05) is 0 Å². The van der Waals surface area contributed by atoms with Crippen LogP contribution in [0, 0.1) is 11.8 Å². The van der Waals surface area contributed by atoms with E-state index in [1.165, 1.54) is 13.2 Å². The molecular weight excluding hydrogens is 242 g/mol. The molecule has 2 rings (SSSR count).